The second kappa shape index (κ2) is 4.75. The maximum atomic E-state index is 12.2. The Morgan fingerprint density at radius 2 is 2.26 bits per heavy atom. The van der Waals surface area contributed by atoms with Crippen molar-refractivity contribution in [3.05, 3.63) is 11.5 Å². The molecule has 106 valence electrons. The number of sulfonamides is 1. The van der Waals surface area contributed by atoms with Gasteiger partial charge in [-0.15, -0.1) is 0 Å². The third-order valence-electron chi connectivity index (χ3n) is 4.51. The van der Waals surface area contributed by atoms with Gasteiger partial charge in [-0.3, -0.25) is 0 Å². The molecule has 3 atom stereocenters. The van der Waals surface area contributed by atoms with Gasteiger partial charge < -0.3 is 4.57 Å². The highest BCUT2D eigenvalue weighted by Crippen LogP contribution is 2.48. The molecule has 19 heavy (non-hydrogen) atoms. The lowest BCUT2D eigenvalue weighted by Gasteiger charge is -2.21. The predicted molar refractivity (Wildman–Crippen MR) is 72.3 cm³/mol. The van der Waals surface area contributed by atoms with E-state index in [1.54, 1.807) is 7.05 Å². The highest BCUT2D eigenvalue weighted by molar-refractivity contribution is 7.89. The molecule has 0 spiro atoms. The molecule has 1 aromatic heterocycles. The molecule has 0 amide bonds. The zero-order valence-electron chi connectivity index (χ0n) is 10.8. The van der Waals surface area contributed by atoms with Gasteiger partial charge in [-0.25, -0.2) is 18.1 Å². The summed E-state index contributed by atoms with van der Waals surface area (Å²) in [5.41, 5.74) is 0. The van der Waals surface area contributed by atoms with E-state index in [-0.39, 0.29) is 10.2 Å². The van der Waals surface area contributed by atoms with E-state index < -0.39 is 10.0 Å². The molecule has 1 N–H and O–H groups in total. The Morgan fingerprint density at radius 1 is 1.47 bits per heavy atom. The Bertz CT molecular complexity index is 584. The van der Waals surface area contributed by atoms with Crippen LogP contribution in [0.4, 0.5) is 0 Å². The molecule has 0 aromatic carbocycles. The van der Waals surface area contributed by atoms with Gasteiger partial charge in [-0.1, -0.05) is 18.0 Å². The predicted octanol–water partition coefficient (Wildman–Crippen LogP) is 1.79. The van der Waals surface area contributed by atoms with E-state index in [2.05, 4.69) is 9.71 Å². The lowest BCUT2D eigenvalue weighted by molar-refractivity contribution is 0.332. The summed E-state index contributed by atoms with van der Waals surface area (Å²) in [5, 5.41) is 0.0836. The van der Waals surface area contributed by atoms with E-state index in [9.17, 15) is 8.42 Å². The van der Waals surface area contributed by atoms with E-state index in [0.717, 1.165) is 12.3 Å². The van der Waals surface area contributed by atoms with Crippen LogP contribution in [0.1, 0.15) is 25.7 Å². The molecule has 2 saturated carbocycles. The van der Waals surface area contributed by atoms with Gasteiger partial charge in [0.25, 0.3) is 10.0 Å². The van der Waals surface area contributed by atoms with Crippen molar-refractivity contribution in [3.8, 4) is 0 Å². The largest absolute Gasteiger partial charge is 0.324 e. The highest BCUT2D eigenvalue weighted by atomic mass is 35.5. The Kier molecular flexibility index (Phi) is 3.35. The van der Waals surface area contributed by atoms with Crippen molar-refractivity contribution in [1.82, 2.24) is 14.3 Å². The fourth-order valence-corrected chi connectivity index (χ4v) is 5.00. The molecule has 5 nitrogen and oxygen atoms in total. The molecule has 0 saturated heterocycles. The second-order valence-corrected chi connectivity index (χ2v) is 7.78. The Labute approximate surface area is 118 Å². The molecule has 7 heteroatoms. The average Bonchev–Trinajstić information content (AvgIpc) is 3.04. The number of halogens is 1. The molecular weight excluding hydrogens is 286 g/mol. The number of nitrogens with zero attached hydrogens (tertiary/aromatic N) is 2. The molecule has 2 bridgehead atoms. The SMILES string of the molecule is Cn1cnc(S(=O)(=O)NCC2CC3CCC2C3)c1Cl. The first-order valence-corrected chi connectivity index (χ1v) is 8.50. The highest BCUT2D eigenvalue weighted by Gasteiger charge is 2.39. The molecule has 3 unspecified atom stereocenters. The van der Waals surface area contributed by atoms with E-state index in [1.807, 2.05) is 0 Å². The lowest BCUT2D eigenvalue weighted by atomic mass is 9.89. The fraction of sp³-hybridized carbons (Fsp3) is 0.750. The number of rotatable bonds is 4. The first-order valence-electron chi connectivity index (χ1n) is 6.64. The third-order valence-corrected chi connectivity index (χ3v) is 6.42. The quantitative estimate of drug-likeness (QED) is 0.922. The molecule has 2 aliphatic rings. The topological polar surface area (TPSA) is 64.0 Å². The monoisotopic (exact) mass is 303 g/mol. The summed E-state index contributed by atoms with van der Waals surface area (Å²) >= 11 is 5.93. The van der Waals surface area contributed by atoms with Crippen LogP contribution in [0.3, 0.4) is 0 Å². The fourth-order valence-electron chi connectivity index (χ4n) is 3.49. The molecule has 0 radical (unpaired) electrons. The molecule has 2 aliphatic carbocycles. The van der Waals surface area contributed by atoms with E-state index in [1.165, 1.54) is 30.2 Å². The number of hydrogen-bond acceptors (Lipinski definition) is 3. The van der Waals surface area contributed by atoms with Crippen molar-refractivity contribution in [2.24, 2.45) is 24.8 Å². The van der Waals surface area contributed by atoms with E-state index >= 15 is 0 Å². The summed E-state index contributed by atoms with van der Waals surface area (Å²) in [6.45, 7) is 0.510. The van der Waals surface area contributed by atoms with Gasteiger partial charge in [-0.2, -0.15) is 0 Å². The van der Waals surface area contributed by atoms with Gasteiger partial charge in [0.05, 0.1) is 6.33 Å². The van der Waals surface area contributed by atoms with Gasteiger partial charge in [0.2, 0.25) is 5.03 Å². The van der Waals surface area contributed by atoms with E-state index in [4.69, 9.17) is 11.6 Å². The van der Waals surface area contributed by atoms with Crippen molar-refractivity contribution in [2.45, 2.75) is 30.7 Å². The molecule has 1 heterocycles. The Hall–Kier alpha value is -0.590. The minimum Gasteiger partial charge on any atom is -0.324 e. The number of hydrogen-bond donors (Lipinski definition) is 1. The van der Waals surface area contributed by atoms with Crippen LogP contribution < -0.4 is 4.72 Å². The van der Waals surface area contributed by atoms with Crippen LogP contribution in [0.2, 0.25) is 5.15 Å². The van der Waals surface area contributed by atoms with E-state index in [0.29, 0.717) is 18.4 Å². The zero-order chi connectivity index (χ0) is 13.6. The van der Waals surface area contributed by atoms with Crippen molar-refractivity contribution >= 4 is 21.6 Å². The van der Waals surface area contributed by atoms with Gasteiger partial charge in [0.1, 0.15) is 5.15 Å². The maximum absolute atomic E-state index is 12.2. The van der Waals surface area contributed by atoms with Gasteiger partial charge in [-0.05, 0) is 37.0 Å². The number of nitrogens with one attached hydrogen (secondary N) is 1. The van der Waals surface area contributed by atoms with Crippen molar-refractivity contribution in [1.29, 1.82) is 0 Å². The third kappa shape index (κ3) is 2.41. The first kappa shape index (κ1) is 13.4. The number of aromatic nitrogens is 2. The van der Waals surface area contributed by atoms with Crippen LogP contribution in [0.5, 0.6) is 0 Å². The van der Waals surface area contributed by atoms with Gasteiger partial charge >= 0.3 is 0 Å². The zero-order valence-corrected chi connectivity index (χ0v) is 12.4. The standard InChI is InChI=1S/C12H18ClN3O2S/c1-16-7-14-12(11(16)13)19(17,18)15-6-10-5-8-2-3-9(10)4-8/h7-10,15H,2-6H2,1H3. The smallest absolute Gasteiger partial charge is 0.261 e. The Morgan fingerprint density at radius 3 is 2.79 bits per heavy atom. The summed E-state index contributed by atoms with van der Waals surface area (Å²) in [4.78, 5) is 3.86. The van der Waals surface area contributed by atoms with Gasteiger partial charge in [0.15, 0.2) is 0 Å². The van der Waals surface area contributed by atoms with Crippen LogP contribution in [0.25, 0.3) is 0 Å². The van der Waals surface area contributed by atoms with Crippen LogP contribution in [-0.2, 0) is 17.1 Å². The summed E-state index contributed by atoms with van der Waals surface area (Å²) < 4.78 is 28.5. The maximum Gasteiger partial charge on any atom is 0.261 e. The van der Waals surface area contributed by atoms with Crippen molar-refractivity contribution < 1.29 is 8.42 Å². The average molecular weight is 304 g/mol. The summed E-state index contributed by atoms with van der Waals surface area (Å²) in [6.07, 6.45) is 6.41. The second-order valence-electron chi connectivity index (χ2n) is 5.74. The molecule has 1 aromatic rings. The number of fused-ring (bicyclic) bond motifs is 2. The minimum absolute atomic E-state index is 0.0696. The summed E-state index contributed by atoms with van der Waals surface area (Å²) in [5.74, 6) is 2.00. The van der Waals surface area contributed by atoms with Gasteiger partial charge in [0, 0.05) is 13.6 Å². The molecular formula is C12H18ClN3O2S. The van der Waals surface area contributed by atoms with Crippen LogP contribution >= 0.6 is 11.6 Å². The van der Waals surface area contributed by atoms with Crippen molar-refractivity contribution in [3.63, 3.8) is 0 Å². The molecule has 2 fully saturated rings. The molecule has 0 aliphatic heterocycles. The van der Waals surface area contributed by atoms with Crippen LogP contribution in [0, 0.1) is 17.8 Å². The summed E-state index contributed by atoms with van der Waals surface area (Å²) in [7, 11) is -1.92. The normalized spacial score (nSPS) is 30.1. The first-order chi connectivity index (χ1) is 8.97. The minimum atomic E-state index is -3.59. The lowest BCUT2D eigenvalue weighted by Crippen LogP contribution is -2.32. The number of aryl methyl sites for hydroxylation is 1. The number of imidazole rings is 1. The van der Waals surface area contributed by atoms with Crippen molar-refractivity contribution in [2.75, 3.05) is 6.54 Å². The Balaban J connectivity index is 1.67. The molecule has 3 rings (SSSR count). The summed E-state index contributed by atoms with van der Waals surface area (Å²) in [6, 6.07) is 0. The van der Waals surface area contributed by atoms with Crippen LogP contribution in [0.15, 0.2) is 11.4 Å². The van der Waals surface area contributed by atoms with Crippen LogP contribution in [-0.4, -0.2) is 24.5 Å².